The minimum absolute atomic E-state index is 0.171. The molecule has 3 aliphatic rings. The summed E-state index contributed by atoms with van der Waals surface area (Å²) in [5, 5.41) is 0. The Balaban J connectivity index is 2.53. The van der Waals surface area contributed by atoms with Crippen molar-refractivity contribution in [2.75, 3.05) is 19.6 Å². The van der Waals surface area contributed by atoms with E-state index >= 15 is 0 Å². The van der Waals surface area contributed by atoms with Crippen molar-refractivity contribution in [1.82, 2.24) is 8.09 Å². The first-order chi connectivity index (χ1) is 10.3. The second-order valence-electron chi connectivity index (χ2n) is 9.20. The van der Waals surface area contributed by atoms with Crippen molar-refractivity contribution < 1.29 is 11.3 Å². The number of rotatable bonds is 3. The van der Waals surface area contributed by atoms with Crippen LogP contribution in [0.5, 0.6) is 0 Å². The summed E-state index contributed by atoms with van der Waals surface area (Å²) in [5.41, 5.74) is 0. The predicted molar refractivity (Wildman–Crippen MR) is 102 cm³/mol. The second-order valence-corrected chi connectivity index (χ2v) is 25.7. The van der Waals surface area contributed by atoms with Gasteiger partial charge in [-0.25, -0.2) is 0 Å². The maximum absolute atomic E-state index is 6.70. The molecular formula is C15H36GeN2O3Si2. The summed E-state index contributed by atoms with van der Waals surface area (Å²) in [6, 6.07) is 0. The van der Waals surface area contributed by atoms with Crippen molar-refractivity contribution in [1.29, 1.82) is 0 Å². The van der Waals surface area contributed by atoms with Gasteiger partial charge in [0.1, 0.15) is 0 Å². The Morgan fingerprint density at radius 3 is 1.30 bits per heavy atom. The van der Waals surface area contributed by atoms with E-state index in [0.717, 1.165) is 19.6 Å². The molecule has 3 rings (SSSR count). The third kappa shape index (κ3) is 4.69. The van der Waals surface area contributed by atoms with Gasteiger partial charge >= 0.3 is 148 Å². The third-order valence-corrected chi connectivity index (χ3v) is 27.8. The van der Waals surface area contributed by atoms with Crippen LogP contribution in [0.4, 0.5) is 0 Å². The van der Waals surface area contributed by atoms with Gasteiger partial charge in [0.2, 0.25) is 0 Å². The first-order valence-electron chi connectivity index (χ1n) is 8.90. The molecule has 136 valence electrons. The Hall–Kier alpha value is 0.777. The SMILES string of the molecule is CC1CN2CC(C)[O][Ge]([N]([Si](C)(C)C)[Si](C)(C)C)([O]1)[O]C(C)C2. The van der Waals surface area contributed by atoms with Crippen LogP contribution in [0.1, 0.15) is 20.8 Å². The minimum atomic E-state index is -3.54. The zero-order valence-corrected chi connectivity index (χ0v) is 20.6. The summed E-state index contributed by atoms with van der Waals surface area (Å²) in [5.74, 6) is 0. The molecule has 0 aliphatic carbocycles. The van der Waals surface area contributed by atoms with Crippen LogP contribution < -0.4 is 0 Å². The average Bonchev–Trinajstić information content (AvgIpc) is 2.18. The van der Waals surface area contributed by atoms with Crippen LogP contribution in [0.3, 0.4) is 0 Å². The molecule has 0 aromatic heterocycles. The van der Waals surface area contributed by atoms with Crippen molar-refractivity contribution in [3.05, 3.63) is 0 Å². The van der Waals surface area contributed by atoms with Gasteiger partial charge in [0.15, 0.2) is 0 Å². The van der Waals surface area contributed by atoms with E-state index < -0.39 is 31.0 Å². The molecule has 3 atom stereocenters. The summed E-state index contributed by atoms with van der Waals surface area (Å²) in [7, 11) is -3.28. The Morgan fingerprint density at radius 2 is 1.04 bits per heavy atom. The van der Waals surface area contributed by atoms with Crippen molar-refractivity contribution in [2.24, 2.45) is 0 Å². The van der Waals surface area contributed by atoms with Crippen LogP contribution >= 0.6 is 0 Å². The molecule has 3 heterocycles. The number of nitrogens with zero attached hydrogens (tertiary/aromatic N) is 2. The molecule has 3 saturated heterocycles. The van der Waals surface area contributed by atoms with E-state index in [1.165, 1.54) is 0 Å². The molecular weight excluding hydrogens is 385 g/mol. The molecule has 5 nitrogen and oxygen atoms in total. The van der Waals surface area contributed by atoms with E-state index in [1.807, 2.05) is 0 Å². The summed E-state index contributed by atoms with van der Waals surface area (Å²) in [4.78, 5) is 2.43. The molecule has 3 fully saturated rings. The molecule has 23 heavy (non-hydrogen) atoms. The number of hydrogen-bond acceptors (Lipinski definition) is 5. The van der Waals surface area contributed by atoms with Crippen LogP contribution in [0, 0.1) is 0 Å². The van der Waals surface area contributed by atoms with Gasteiger partial charge in [0, 0.05) is 0 Å². The topological polar surface area (TPSA) is 34.2 Å². The molecule has 0 amide bonds. The molecule has 8 heteroatoms. The molecule has 3 unspecified atom stereocenters. The van der Waals surface area contributed by atoms with Gasteiger partial charge in [-0.3, -0.25) is 0 Å². The third-order valence-electron chi connectivity index (χ3n) is 4.21. The van der Waals surface area contributed by atoms with E-state index in [1.54, 1.807) is 0 Å². The molecule has 0 radical (unpaired) electrons. The molecule has 0 saturated carbocycles. The predicted octanol–water partition coefficient (Wildman–Crippen LogP) is 2.94. The Labute approximate surface area is 148 Å². The zero-order chi connectivity index (χ0) is 17.6. The van der Waals surface area contributed by atoms with Crippen LogP contribution in [-0.4, -0.2) is 77.0 Å². The first kappa shape index (κ1) is 20.1. The average molecular weight is 421 g/mol. The van der Waals surface area contributed by atoms with Crippen molar-refractivity contribution in [3.8, 4) is 0 Å². The molecule has 0 N–H and O–H groups in total. The fourth-order valence-corrected chi connectivity index (χ4v) is 30.6. The Bertz CT molecular complexity index is 378. The van der Waals surface area contributed by atoms with Gasteiger partial charge < -0.3 is 0 Å². The van der Waals surface area contributed by atoms with Crippen LogP contribution in [0.25, 0.3) is 0 Å². The molecule has 0 spiro atoms. The van der Waals surface area contributed by atoms with E-state index in [2.05, 4.69) is 68.1 Å². The van der Waals surface area contributed by atoms with Crippen molar-refractivity contribution in [3.63, 3.8) is 0 Å². The van der Waals surface area contributed by atoms with Crippen LogP contribution in [0.15, 0.2) is 0 Å². The molecule has 0 aromatic carbocycles. The van der Waals surface area contributed by atoms with Gasteiger partial charge in [-0.15, -0.1) is 0 Å². The van der Waals surface area contributed by atoms with Crippen molar-refractivity contribution in [2.45, 2.75) is 78.4 Å². The van der Waals surface area contributed by atoms with Crippen LogP contribution in [0.2, 0.25) is 39.3 Å². The Morgan fingerprint density at radius 1 is 0.739 bits per heavy atom. The van der Waals surface area contributed by atoms with E-state index in [0.29, 0.717) is 0 Å². The van der Waals surface area contributed by atoms with E-state index in [4.69, 9.17) is 11.3 Å². The standard InChI is InChI=1S/C15H36GeN2O3Si2/c1-13-10-17-11-14(2)20-16(19-13,21-15(3)12-17)18(22(4,5)6)23(7,8)9/h13-15H,10-12H2,1-9H3. The normalized spacial score (nSPS) is 39.9. The van der Waals surface area contributed by atoms with Gasteiger partial charge in [0.25, 0.3) is 0 Å². The molecule has 3 aliphatic heterocycles. The maximum atomic E-state index is 6.70. The van der Waals surface area contributed by atoms with E-state index in [9.17, 15) is 0 Å². The fourth-order valence-electron chi connectivity index (χ4n) is 4.26. The molecule has 0 aromatic rings. The summed E-state index contributed by atoms with van der Waals surface area (Å²) in [6.07, 6.45) is 0.514. The fraction of sp³-hybridized carbons (Fsp3) is 1.00. The summed E-state index contributed by atoms with van der Waals surface area (Å²) >= 11 is -3.54. The van der Waals surface area contributed by atoms with Gasteiger partial charge in [-0.1, -0.05) is 0 Å². The van der Waals surface area contributed by atoms with Crippen LogP contribution in [-0.2, 0) is 11.3 Å². The first-order valence-corrected chi connectivity index (χ1v) is 19.3. The number of hydrogen-bond donors (Lipinski definition) is 0. The number of fused-ring (bicyclic) bond motifs is 6. The summed E-state index contributed by atoms with van der Waals surface area (Å²) < 4.78 is 22.8. The zero-order valence-electron chi connectivity index (χ0n) is 16.5. The van der Waals surface area contributed by atoms with Gasteiger partial charge in [-0.05, 0) is 0 Å². The quantitative estimate of drug-likeness (QED) is 0.655. The van der Waals surface area contributed by atoms with E-state index in [-0.39, 0.29) is 18.3 Å². The van der Waals surface area contributed by atoms with Crippen molar-refractivity contribution >= 4 is 31.0 Å². The van der Waals surface area contributed by atoms with Gasteiger partial charge in [0.05, 0.1) is 0 Å². The molecule has 2 bridgehead atoms. The second kappa shape index (κ2) is 6.83. The summed E-state index contributed by atoms with van der Waals surface area (Å²) in [6.45, 7) is 23.9. The monoisotopic (exact) mass is 422 g/mol. The van der Waals surface area contributed by atoms with Gasteiger partial charge in [-0.2, -0.15) is 0 Å². The Kier molecular flexibility index (Phi) is 5.96.